The molecule has 2 aromatic rings. The Hall–Kier alpha value is -2.03. The van der Waals surface area contributed by atoms with Gasteiger partial charge in [0.15, 0.2) is 0 Å². The molecule has 26 heavy (non-hydrogen) atoms. The minimum absolute atomic E-state index is 0.126. The summed E-state index contributed by atoms with van der Waals surface area (Å²) in [5, 5.41) is 4.03. The van der Waals surface area contributed by atoms with Crippen LogP contribution in [0.15, 0.2) is 29.0 Å². The second-order valence-corrected chi connectivity index (χ2v) is 8.51. The number of carbonyl (C=O) groups excluding carboxylic acids is 3. The van der Waals surface area contributed by atoms with Crippen LogP contribution in [0.1, 0.15) is 28.3 Å². The first-order valence-electron chi connectivity index (χ1n) is 8.56. The fourth-order valence-electron chi connectivity index (χ4n) is 3.49. The Morgan fingerprint density at radius 1 is 1.08 bits per heavy atom. The Balaban J connectivity index is 1.44. The third-order valence-corrected chi connectivity index (χ3v) is 6.96. The minimum atomic E-state index is -0.718. The standard InChI is InChI=1S/C18H19N3O3S2/c1-12-14-6-10-26-15(14)5-7-19(12)11-21-17(23)16(22)20(18(21)24)8-4-13-3-2-9-25-13/h2-3,6,9-10,12H,4-5,7-8,11H2,1H3/t12-/m0/s1. The van der Waals surface area contributed by atoms with Gasteiger partial charge in [-0.05, 0) is 41.8 Å². The van der Waals surface area contributed by atoms with Crippen LogP contribution in [-0.4, -0.2) is 52.3 Å². The summed E-state index contributed by atoms with van der Waals surface area (Å²) < 4.78 is 0. The van der Waals surface area contributed by atoms with Gasteiger partial charge in [0.1, 0.15) is 0 Å². The highest BCUT2D eigenvalue weighted by molar-refractivity contribution is 7.10. The molecule has 4 amide bonds. The maximum Gasteiger partial charge on any atom is 0.335 e. The predicted molar refractivity (Wildman–Crippen MR) is 100.0 cm³/mol. The maximum atomic E-state index is 12.7. The Labute approximate surface area is 159 Å². The first-order valence-corrected chi connectivity index (χ1v) is 10.3. The second kappa shape index (κ2) is 6.94. The SMILES string of the molecule is C[C@H]1c2ccsc2CCN1CN1C(=O)C(=O)N(CCc2cccs2)C1=O. The molecule has 0 unspecified atom stereocenters. The van der Waals surface area contributed by atoms with Gasteiger partial charge in [0.05, 0.1) is 6.67 Å². The molecule has 1 saturated heterocycles. The molecular weight excluding hydrogens is 370 g/mol. The molecule has 6 nitrogen and oxygen atoms in total. The van der Waals surface area contributed by atoms with Crippen molar-refractivity contribution in [2.24, 2.45) is 0 Å². The maximum absolute atomic E-state index is 12.7. The van der Waals surface area contributed by atoms with Gasteiger partial charge in [0, 0.05) is 35.3 Å². The lowest BCUT2D eigenvalue weighted by Gasteiger charge is -2.35. The van der Waals surface area contributed by atoms with Crippen molar-refractivity contribution in [2.45, 2.75) is 25.8 Å². The van der Waals surface area contributed by atoms with E-state index in [1.807, 2.05) is 17.5 Å². The number of hydrogen-bond acceptors (Lipinski definition) is 6. The molecule has 0 spiro atoms. The summed E-state index contributed by atoms with van der Waals surface area (Å²) >= 11 is 3.32. The average Bonchev–Trinajstić information content (AvgIpc) is 3.35. The molecule has 0 N–H and O–H groups in total. The smallest absolute Gasteiger partial charge is 0.278 e. The van der Waals surface area contributed by atoms with Crippen LogP contribution in [0.25, 0.3) is 0 Å². The van der Waals surface area contributed by atoms with Crippen molar-refractivity contribution in [3.63, 3.8) is 0 Å². The highest BCUT2D eigenvalue weighted by Gasteiger charge is 2.45. The van der Waals surface area contributed by atoms with Gasteiger partial charge in [0.2, 0.25) is 0 Å². The van der Waals surface area contributed by atoms with Gasteiger partial charge >= 0.3 is 17.8 Å². The fourth-order valence-corrected chi connectivity index (χ4v) is 5.15. The topological polar surface area (TPSA) is 60.9 Å². The second-order valence-electron chi connectivity index (χ2n) is 6.48. The molecule has 2 aliphatic heterocycles. The molecule has 136 valence electrons. The number of imide groups is 2. The lowest BCUT2D eigenvalue weighted by atomic mass is 10.0. The zero-order valence-corrected chi connectivity index (χ0v) is 16.0. The van der Waals surface area contributed by atoms with E-state index in [1.54, 1.807) is 22.7 Å². The van der Waals surface area contributed by atoms with Crippen molar-refractivity contribution < 1.29 is 14.4 Å². The van der Waals surface area contributed by atoms with E-state index in [2.05, 4.69) is 23.3 Å². The van der Waals surface area contributed by atoms with Gasteiger partial charge in [-0.2, -0.15) is 0 Å². The summed E-state index contributed by atoms with van der Waals surface area (Å²) in [5.41, 5.74) is 1.25. The summed E-state index contributed by atoms with van der Waals surface area (Å²) in [6.45, 7) is 3.25. The third kappa shape index (κ3) is 2.98. The number of hydrogen-bond donors (Lipinski definition) is 0. The summed E-state index contributed by atoms with van der Waals surface area (Å²) in [6.07, 6.45) is 1.48. The summed E-state index contributed by atoms with van der Waals surface area (Å²) in [4.78, 5) is 44.0. The Morgan fingerprint density at radius 2 is 1.88 bits per heavy atom. The van der Waals surface area contributed by atoms with E-state index in [1.165, 1.54) is 10.4 Å². The first-order chi connectivity index (χ1) is 12.6. The van der Waals surface area contributed by atoms with Crippen molar-refractivity contribution >= 4 is 40.5 Å². The molecule has 2 aliphatic rings. The first kappa shape index (κ1) is 17.4. The van der Waals surface area contributed by atoms with Crippen LogP contribution in [0.2, 0.25) is 0 Å². The fraction of sp³-hybridized carbons (Fsp3) is 0.389. The zero-order chi connectivity index (χ0) is 18.3. The molecule has 1 atom stereocenters. The van der Waals surface area contributed by atoms with Crippen molar-refractivity contribution in [2.75, 3.05) is 19.8 Å². The molecular formula is C18H19N3O3S2. The van der Waals surface area contributed by atoms with Crippen LogP contribution in [0.5, 0.6) is 0 Å². The summed E-state index contributed by atoms with van der Waals surface area (Å²) in [6, 6.07) is 5.62. The van der Waals surface area contributed by atoms with Crippen LogP contribution in [-0.2, 0) is 22.4 Å². The highest BCUT2D eigenvalue weighted by Crippen LogP contribution is 2.33. The minimum Gasteiger partial charge on any atom is -0.278 e. The van der Waals surface area contributed by atoms with Gasteiger partial charge in [0.25, 0.3) is 0 Å². The number of carbonyl (C=O) groups is 3. The Bertz CT molecular complexity index is 846. The quantitative estimate of drug-likeness (QED) is 0.583. The molecule has 0 aromatic carbocycles. The molecule has 0 bridgehead atoms. The molecule has 4 rings (SSSR count). The van der Waals surface area contributed by atoms with Crippen molar-refractivity contribution in [1.29, 1.82) is 0 Å². The van der Waals surface area contributed by atoms with E-state index in [4.69, 9.17) is 0 Å². The lowest BCUT2D eigenvalue weighted by molar-refractivity contribution is -0.144. The van der Waals surface area contributed by atoms with Crippen LogP contribution < -0.4 is 0 Å². The van der Waals surface area contributed by atoms with E-state index in [-0.39, 0.29) is 19.3 Å². The van der Waals surface area contributed by atoms with Gasteiger partial charge in [-0.15, -0.1) is 22.7 Å². The van der Waals surface area contributed by atoms with Crippen molar-refractivity contribution in [3.05, 3.63) is 44.3 Å². The number of urea groups is 1. The molecule has 0 radical (unpaired) electrons. The lowest BCUT2D eigenvalue weighted by Crippen LogP contribution is -2.45. The van der Waals surface area contributed by atoms with Gasteiger partial charge < -0.3 is 0 Å². The molecule has 4 heterocycles. The monoisotopic (exact) mass is 389 g/mol. The van der Waals surface area contributed by atoms with E-state index in [0.717, 1.165) is 27.6 Å². The number of nitrogens with zero attached hydrogens (tertiary/aromatic N) is 3. The van der Waals surface area contributed by atoms with Crippen LogP contribution in [0, 0.1) is 0 Å². The normalized spacial score (nSPS) is 21.0. The highest BCUT2D eigenvalue weighted by atomic mass is 32.1. The van der Waals surface area contributed by atoms with Crippen LogP contribution in [0.3, 0.4) is 0 Å². The Kier molecular flexibility index (Phi) is 4.64. The average molecular weight is 390 g/mol. The Morgan fingerprint density at radius 3 is 2.65 bits per heavy atom. The van der Waals surface area contributed by atoms with Crippen molar-refractivity contribution in [1.82, 2.24) is 14.7 Å². The van der Waals surface area contributed by atoms with Crippen LogP contribution in [0.4, 0.5) is 4.79 Å². The van der Waals surface area contributed by atoms with Crippen LogP contribution >= 0.6 is 22.7 Å². The number of rotatable bonds is 5. The number of fused-ring (bicyclic) bond motifs is 1. The number of amides is 4. The number of thiophene rings is 2. The van der Waals surface area contributed by atoms with Gasteiger partial charge in [-0.25, -0.2) is 9.69 Å². The van der Waals surface area contributed by atoms with E-state index >= 15 is 0 Å². The largest absolute Gasteiger partial charge is 0.335 e. The molecule has 1 fully saturated rings. The summed E-state index contributed by atoms with van der Waals surface area (Å²) in [7, 11) is 0. The van der Waals surface area contributed by atoms with E-state index < -0.39 is 17.8 Å². The molecule has 8 heteroatoms. The third-order valence-electron chi connectivity index (χ3n) is 5.02. The van der Waals surface area contributed by atoms with Gasteiger partial charge in [-0.1, -0.05) is 6.07 Å². The summed E-state index contributed by atoms with van der Waals surface area (Å²) in [5.74, 6) is -1.43. The van der Waals surface area contributed by atoms with Crippen molar-refractivity contribution in [3.8, 4) is 0 Å². The van der Waals surface area contributed by atoms with E-state index in [9.17, 15) is 14.4 Å². The molecule has 0 aliphatic carbocycles. The molecule has 2 aromatic heterocycles. The van der Waals surface area contributed by atoms with Gasteiger partial charge in [-0.3, -0.25) is 19.4 Å². The zero-order valence-electron chi connectivity index (χ0n) is 14.4. The van der Waals surface area contributed by atoms with E-state index in [0.29, 0.717) is 6.42 Å². The molecule has 0 saturated carbocycles. The predicted octanol–water partition coefficient (Wildman–Crippen LogP) is 2.72.